The fourth-order valence-corrected chi connectivity index (χ4v) is 1.65. The molecule has 0 bridgehead atoms. The molecule has 4 nitrogen and oxygen atoms in total. The number of fused-ring (bicyclic) bond motifs is 1. The van der Waals surface area contributed by atoms with Gasteiger partial charge in [-0.15, -0.1) is 6.58 Å². The van der Waals surface area contributed by atoms with Crippen molar-refractivity contribution in [3.63, 3.8) is 0 Å². The van der Waals surface area contributed by atoms with E-state index >= 15 is 0 Å². The van der Waals surface area contributed by atoms with Crippen molar-refractivity contribution >= 4 is 16.9 Å². The fraction of sp³-hybridized carbons (Fsp3) is 0.143. The maximum atomic E-state index is 11.2. The lowest BCUT2D eigenvalue weighted by atomic mass is 10.1. The Balaban J connectivity index is 2.44. The molecule has 0 amide bonds. The van der Waals surface area contributed by atoms with Crippen LogP contribution in [0.1, 0.15) is 16.8 Å². The molecular formula is C14H13NO3. The van der Waals surface area contributed by atoms with E-state index in [9.17, 15) is 9.90 Å². The summed E-state index contributed by atoms with van der Waals surface area (Å²) in [6.07, 6.45) is 2.43. The maximum absolute atomic E-state index is 11.2. The molecule has 0 aliphatic carbocycles. The average molecular weight is 243 g/mol. The highest BCUT2D eigenvalue weighted by Crippen LogP contribution is 2.22. The van der Waals surface area contributed by atoms with E-state index in [1.807, 2.05) is 6.07 Å². The number of aromatic carboxylic acids is 1. The van der Waals surface area contributed by atoms with Crippen LogP contribution in [0.2, 0.25) is 0 Å². The molecular weight excluding hydrogens is 230 g/mol. The second kappa shape index (κ2) is 5.31. The van der Waals surface area contributed by atoms with Crippen LogP contribution in [0.4, 0.5) is 0 Å². The molecule has 1 aromatic carbocycles. The Morgan fingerprint density at radius 3 is 2.94 bits per heavy atom. The monoisotopic (exact) mass is 243 g/mol. The summed E-state index contributed by atoms with van der Waals surface area (Å²) < 4.78 is 5.40. The van der Waals surface area contributed by atoms with Crippen LogP contribution < -0.4 is 4.74 Å². The molecule has 0 fully saturated rings. The first-order chi connectivity index (χ1) is 8.72. The number of carbonyl (C=O) groups is 1. The highest BCUT2D eigenvalue weighted by Gasteiger charge is 2.11. The Bertz CT molecular complexity index is 593. The van der Waals surface area contributed by atoms with Gasteiger partial charge in [0.15, 0.2) is 0 Å². The summed E-state index contributed by atoms with van der Waals surface area (Å²) >= 11 is 0. The highest BCUT2D eigenvalue weighted by molar-refractivity contribution is 6.02. The SMILES string of the molecule is C=CCCOc1cc(C(=O)O)c2ccccc2n1. The van der Waals surface area contributed by atoms with Gasteiger partial charge in [0.05, 0.1) is 17.7 Å². The molecule has 0 radical (unpaired) electrons. The van der Waals surface area contributed by atoms with Gasteiger partial charge in [-0.1, -0.05) is 24.3 Å². The molecule has 0 saturated heterocycles. The minimum absolute atomic E-state index is 0.203. The Morgan fingerprint density at radius 1 is 1.44 bits per heavy atom. The molecule has 0 aliphatic rings. The molecule has 4 heteroatoms. The van der Waals surface area contributed by atoms with Crippen LogP contribution in [0, 0.1) is 0 Å². The quantitative estimate of drug-likeness (QED) is 0.648. The summed E-state index contributed by atoms with van der Waals surface area (Å²) in [7, 11) is 0. The first-order valence-corrected chi connectivity index (χ1v) is 5.59. The number of para-hydroxylation sites is 1. The lowest BCUT2D eigenvalue weighted by molar-refractivity contribution is 0.0698. The van der Waals surface area contributed by atoms with Crippen LogP contribution in [-0.2, 0) is 0 Å². The van der Waals surface area contributed by atoms with Crippen LogP contribution >= 0.6 is 0 Å². The van der Waals surface area contributed by atoms with E-state index in [4.69, 9.17) is 4.74 Å². The number of hydrogen-bond acceptors (Lipinski definition) is 3. The maximum Gasteiger partial charge on any atom is 0.336 e. The van der Waals surface area contributed by atoms with Crippen LogP contribution in [0.25, 0.3) is 10.9 Å². The van der Waals surface area contributed by atoms with Crippen LogP contribution in [0.5, 0.6) is 5.88 Å². The van der Waals surface area contributed by atoms with Crippen molar-refractivity contribution in [2.24, 2.45) is 0 Å². The van der Waals surface area contributed by atoms with E-state index in [-0.39, 0.29) is 5.56 Å². The molecule has 0 unspecified atom stereocenters. The predicted molar refractivity (Wildman–Crippen MR) is 69.0 cm³/mol. The summed E-state index contributed by atoms with van der Waals surface area (Å²) in [5, 5.41) is 9.79. The summed E-state index contributed by atoms with van der Waals surface area (Å²) in [4.78, 5) is 15.5. The Hall–Kier alpha value is -2.36. The summed E-state index contributed by atoms with van der Waals surface area (Å²) in [6, 6.07) is 8.55. The van der Waals surface area contributed by atoms with Crippen molar-refractivity contribution in [1.29, 1.82) is 0 Å². The second-order valence-corrected chi connectivity index (χ2v) is 3.76. The number of carboxylic acids is 1. The lowest BCUT2D eigenvalue weighted by Gasteiger charge is -2.07. The minimum Gasteiger partial charge on any atom is -0.478 e. The highest BCUT2D eigenvalue weighted by atomic mass is 16.5. The van der Waals surface area contributed by atoms with Gasteiger partial charge in [0.2, 0.25) is 5.88 Å². The number of ether oxygens (including phenoxy) is 1. The van der Waals surface area contributed by atoms with Gasteiger partial charge in [-0.2, -0.15) is 0 Å². The number of hydrogen-bond donors (Lipinski definition) is 1. The topological polar surface area (TPSA) is 59.4 Å². The normalized spacial score (nSPS) is 10.2. The fourth-order valence-electron chi connectivity index (χ4n) is 1.65. The molecule has 0 spiro atoms. The largest absolute Gasteiger partial charge is 0.478 e. The first-order valence-electron chi connectivity index (χ1n) is 5.59. The van der Waals surface area contributed by atoms with E-state index in [0.29, 0.717) is 29.8 Å². The van der Waals surface area contributed by atoms with E-state index in [2.05, 4.69) is 11.6 Å². The molecule has 0 saturated carbocycles. The average Bonchev–Trinajstić information content (AvgIpc) is 2.38. The number of pyridine rings is 1. The van der Waals surface area contributed by atoms with Crippen LogP contribution in [0.15, 0.2) is 43.0 Å². The van der Waals surface area contributed by atoms with Gasteiger partial charge in [0.1, 0.15) is 0 Å². The molecule has 0 aliphatic heterocycles. The molecule has 1 aromatic heterocycles. The second-order valence-electron chi connectivity index (χ2n) is 3.76. The minimum atomic E-state index is -0.984. The Labute approximate surface area is 105 Å². The number of aromatic nitrogens is 1. The van der Waals surface area contributed by atoms with Crippen molar-refractivity contribution in [2.45, 2.75) is 6.42 Å². The summed E-state index contributed by atoms with van der Waals surface area (Å²) in [5.41, 5.74) is 0.820. The van der Waals surface area contributed by atoms with Crippen molar-refractivity contribution in [2.75, 3.05) is 6.61 Å². The third kappa shape index (κ3) is 2.48. The third-order valence-corrected chi connectivity index (χ3v) is 2.50. The molecule has 1 heterocycles. The van der Waals surface area contributed by atoms with Crippen LogP contribution in [0.3, 0.4) is 0 Å². The van der Waals surface area contributed by atoms with Gasteiger partial charge >= 0.3 is 5.97 Å². The van der Waals surface area contributed by atoms with E-state index in [1.165, 1.54) is 6.07 Å². The van der Waals surface area contributed by atoms with Crippen molar-refractivity contribution < 1.29 is 14.6 Å². The predicted octanol–water partition coefficient (Wildman–Crippen LogP) is 2.89. The molecule has 1 N–H and O–H groups in total. The Morgan fingerprint density at radius 2 is 2.22 bits per heavy atom. The molecule has 2 aromatic rings. The van der Waals surface area contributed by atoms with Crippen LogP contribution in [-0.4, -0.2) is 22.7 Å². The van der Waals surface area contributed by atoms with Crippen molar-refractivity contribution in [3.8, 4) is 5.88 Å². The van der Waals surface area contributed by atoms with E-state index in [1.54, 1.807) is 24.3 Å². The standard InChI is InChI=1S/C14H13NO3/c1-2-3-8-18-13-9-11(14(16)17)10-6-4-5-7-12(10)15-13/h2,4-7,9H,1,3,8H2,(H,16,17). The van der Waals surface area contributed by atoms with Gasteiger partial charge in [0, 0.05) is 11.5 Å². The van der Waals surface area contributed by atoms with Gasteiger partial charge in [0.25, 0.3) is 0 Å². The molecule has 92 valence electrons. The number of carboxylic acid groups (broad SMARTS) is 1. The van der Waals surface area contributed by atoms with E-state index in [0.717, 1.165) is 0 Å². The number of nitrogens with zero attached hydrogens (tertiary/aromatic N) is 1. The van der Waals surface area contributed by atoms with E-state index < -0.39 is 5.97 Å². The molecule has 18 heavy (non-hydrogen) atoms. The summed E-state index contributed by atoms with van der Waals surface area (Å²) in [5.74, 6) is -0.657. The first kappa shape index (κ1) is 12.1. The number of benzene rings is 1. The van der Waals surface area contributed by atoms with Gasteiger partial charge in [-0.25, -0.2) is 9.78 Å². The van der Waals surface area contributed by atoms with Gasteiger partial charge < -0.3 is 9.84 Å². The third-order valence-electron chi connectivity index (χ3n) is 2.50. The van der Waals surface area contributed by atoms with Gasteiger partial charge in [-0.3, -0.25) is 0 Å². The number of rotatable bonds is 5. The lowest BCUT2D eigenvalue weighted by Crippen LogP contribution is -2.03. The zero-order valence-electron chi connectivity index (χ0n) is 9.80. The van der Waals surface area contributed by atoms with Gasteiger partial charge in [-0.05, 0) is 12.5 Å². The molecule has 2 rings (SSSR count). The molecule has 0 atom stereocenters. The Kier molecular flexibility index (Phi) is 3.57. The zero-order chi connectivity index (χ0) is 13.0. The van der Waals surface area contributed by atoms with Crippen molar-refractivity contribution in [1.82, 2.24) is 4.98 Å². The zero-order valence-corrected chi connectivity index (χ0v) is 9.80. The summed E-state index contributed by atoms with van der Waals surface area (Å²) in [6.45, 7) is 4.03. The van der Waals surface area contributed by atoms with Crippen molar-refractivity contribution in [3.05, 3.63) is 48.6 Å². The smallest absolute Gasteiger partial charge is 0.336 e.